The summed E-state index contributed by atoms with van der Waals surface area (Å²) >= 11 is 18.3. The molecule has 1 N–H and O–H groups in total. The zero-order chi connectivity index (χ0) is 19.9. The Balaban J connectivity index is 1.80. The molecule has 3 aromatic rings. The molecule has 0 bridgehead atoms. The van der Waals surface area contributed by atoms with E-state index >= 15 is 0 Å². The van der Waals surface area contributed by atoms with E-state index in [1.165, 1.54) is 11.1 Å². The highest BCUT2D eigenvalue weighted by molar-refractivity contribution is 7.80. The lowest BCUT2D eigenvalue weighted by atomic mass is 10.1. The van der Waals surface area contributed by atoms with Gasteiger partial charge in [-0.1, -0.05) is 83.9 Å². The summed E-state index contributed by atoms with van der Waals surface area (Å²) in [5.74, 6) is 0. The van der Waals surface area contributed by atoms with E-state index < -0.39 is 0 Å². The van der Waals surface area contributed by atoms with Crippen molar-refractivity contribution in [2.75, 3.05) is 0 Å². The summed E-state index contributed by atoms with van der Waals surface area (Å²) in [5.41, 5.74) is 3.31. The maximum absolute atomic E-state index is 6.40. The van der Waals surface area contributed by atoms with Crippen LogP contribution in [0, 0.1) is 0 Å². The molecule has 1 unspecified atom stereocenters. The maximum atomic E-state index is 6.40. The molecule has 28 heavy (non-hydrogen) atoms. The van der Waals surface area contributed by atoms with Gasteiger partial charge in [-0.2, -0.15) is 0 Å². The summed E-state index contributed by atoms with van der Waals surface area (Å²) in [5, 5.41) is 5.47. The van der Waals surface area contributed by atoms with E-state index in [1.807, 2.05) is 48.5 Å². The summed E-state index contributed by atoms with van der Waals surface area (Å²) in [6, 6.07) is 26.1. The first kappa shape index (κ1) is 20.7. The molecule has 3 rings (SSSR count). The monoisotopic (exact) mass is 428 g/mol. The van der Waals surface area contributed by atoms with Crippen LogP contribution in [-0.2, 0) is 13.1 Å². The second kappa shape index (κ2) is 9.92. The minimum Gasteiger partial charge on any atom is -0.356 e. The third-order valence-corrected chi connectivity index (χ3v) is 5.49. The Morgan fingerprint density at radius 2 is 1.57 bits per heavy atom. The first-order chi connectivity index (χ1) is 13.5. The van der Waals surface area contributed by atoms with E-state index in [1.54, 1.807) is 6.07 Å². The lowest BCUT2D eigenvalue weighted by molar-refractivity contribution is 0.393. The number of benzene rings is 3. The summed E-state index contributed by atoms with van der Waals surface area (Å²) in [6.07, 6.45) is 0. The van der Waals surface area contributed by atoms with Gasteiger partial charge in [-0.25, -0.2) is 0 Å². The Labute approximate surface area is 182 Å². The smallest absolute Gasteiger partial charge is 0.170 e. The average Bonchev–Trinajstić information content (AvgIpc) is 2.71. The zero-order valence-corrected chi connectivity index (χ0v) is 17.9. The van der Waals surface area contributed by atoms with Crippen molar-refractivity contribution in [3.8, 4) is 0 Å². The number of rotatable bonds is 6. The Morgan fingerprint density at radius 3 is 2.25 bits per heavy atom. The largest absolute Gasteiger partial charge is 0.356 e. The molecule has 0 amide bonds. The van der Waals surface area contributed by atoms with Crippen LogP contribution in [0.4, 0.5) is 0 Å². The van der Waals surface area contributed by atoms with E-state index in [9.17, 15) is 0 Å². The van der Waals surface area contributed by atoms with Gasteiger partial charge < -0.3 is 10.2 Å². The number of thiocarbonyl (C=S) groups is 1. The van der Waals surface area contributed by atoms with E-state index in [0.29, 0.717) is 28.2 Å². The molecule has 1 atom stereocenters. The highest BCUT2D eigenvalue weighted by Gasteiger charge is 2.16. The molecule has 0 radical (unpaired) electrons. The summed E-state index contributed by atoms with van der Waals surface area (Å²) in [7, 11) is 0. The van der Waals surface area contributed by atoms with Gasteiger partial charge in [-0.3, -0.25) is 0 Å². The van der Waals surface area contributed by atoms with E-state index in [-0.39, 0.29) is 6.04 Å². The summed E-state index contributed by atoms with van der Waals surface area (Å²) in [6.45, 7) is 3.35. The van der Waals surface area contributed by atoms with Gasteiger partial charge in [-0.05, 0) is 54.0 Å². The highest BCUT2D eigenvalue weighted by Crippen LogP contribution is 2.23. The van der Waals surface area contributed by atoms with Gasteiger partial charge in [0.15, 0.2) is 5.11 Å². The van der Waals surface area contributed by atoms with Crippen molar-refractivity contribution in [1.82, 2.24) is 10.2 Å². The van der Waals surface area contributed by atoms with Crippen LogP contribution >= 0.6 is 35.4 Å². The maximum Gasteiger partial charge on any atom is 0.170 e. The summed E-state index contributed by atoms with van der Waals surface area (Å²) in [4.78, 5) is 2.11. The second-order valence-corrected chi connectivity index (χ2v) is 7.89. The molecule has 0 saturated carbocycles. The van der Waals surface area contributed by atoms with Gasteiger partial charge in [0.2, 0.25) is 0 Å². The summed E-state index contributed by atoms with van der Waals surface area (Å²) < 4.78 is 0. The molecule has 0 saturated heterocycles. The third kappa shape index (κ3) is 5.71. The van der Waals surface area contributed by atoms with Gasteiger partial charge in [-0.15, -0.1) is 0 Å². The van der Waals surface area contributed by atoms with Crippen LogP contribution in [0.25, 0.3) is 0 Å². The number of nitrogens with one attached hydrogen (secondary N) is 1. The van der Waals surface area contributed by atoms with Crippen molar-refractivity contribution in [3.63, 3.8) is 0 Å². The molecular formula is C23H22Cl2N2S. The van der Waals surface area contributed by atoms with Gasteiger partial charge in [0.05, 0.1) is 6.04 Å². The Kier molecular flexibility index (Phi) is 7.32. The van der Waals surface area contributed by atoms with Crippen LogP contribution in [0.3, 0.4) is 0 Å². The van der Waals surface area contributed by atoms with Crippen molar-refractivity contribution in [3.05, 3.63) is 106 Å². The fourth-order valence-corrected chi connectivity index (χ4v) is 3.65. The SMILES string of the molecule is CC(NC(=S)N(Cc1ccccc1)Cc1cc(Cl)ccc1Cl)c1ccccc1. The Bertz CT molecular complexity index is 916. The zero-order valence-electron chi connectivity index (χ0n) is 15.6. The molecule has 0 heterocycles. The van der Waals surface area contributed by atoms with Gasteiger partial charge in [0.1, 0.15) is 0 Å². The number of nitrogens with zero attached hydrogens (tertiary/aromatic N) is 1. The number of hydrogen-bond acceptors (Lipinski definition) is 1. The second-order valence-electron chi connectivity index (χ2n) is 6.66. The molecule has 144 valence electrons. The molecule has 0 aliphatic carbocycles. The molecule has 2 nitrogen and oxygen atoms in total. The normalized spacial score (nSPS) is 11.7. The highest BCUT2D eigenvalue weighted by atomic mass is 35.5. The molecule has 3 aromatic carbocycles. The van der Waals surface area contributed by atoms with Crippen molar-refractivity contribution in [2.45, 2.75) is 26.1 Å². The van der Waals surface area contributed by atoms with E-state index in [2.05, 4.69) is 41.4 Å². The van der Waals surface area contributed by atoms with Gasteiger partial charge in [0, 0.05) is 23.1 Å². The van der Waals surface area contributed by atoms with Gasteiger partial charge >= 0.3 is 0 Å². The molecule has 0 aliphatic heterocycles. The van der Waals surface area contributed by atoms with Crippen molar-refractivity contribution in [1.29, 1.82) is 0 Å². The van der Waals surface area contributed by atoms with E-state index in [4.69, 9.17) is 35.4 Å². The molecule has 0 fully saturated rings. The van der Waals surface area contributed by atoms with Crippen LogP contribution in [0.1, 0.15) is 29.7 Å². The quantitative estimate of drug-likeness (QED) is 0.443. The average molecular weight is 429 g/mol. The van der Waals surface area contributed by atoms with Crippen LogP contribution in [0.5, 0.6) is 0 Å². The van der Waals surface area contributed by atoms with Crippen LogP contribution in [0.15, 0.2) is 78.9 Å². The molecule has 0 aliphatic rings. The predicted octanol–water partition coefficient (Wildman–Crippen LogP) is 6.63. The molecule has 0 spiro atoms. The molecule has 5 heteroatoms. The van der Waals surface area contributed by atoms with E-state index in [0.717, 1.165) is 5.56 Å². The lowest BCUT2D eigenvalue weighted by Gasteiger charge is -2.29. The van der Waals surface area contributed by atoms with Crippen LogP contribution < -0.4 is 5.32 Å². The minimum atomic E-state index is 0.0989. The Morgan fingerprint density at radius 1 is 0.929 bits per heavy atom. The minimum absolute atomic E-state index is 0.0989. The van der Waals surface area contributed by atoms with Crippen molar-refractivity contribution < 1.29 is 0 Å². The topological polar surface area (TPSA) is 15.3 Å². The molecular weight excluding hydrogens is 407 g/mol. The Hall–Kier alpha value is -2.07. The first-order valence-electron chi connectivity index (χ1n) is 9.11. The fraction of sp³-hybridized carbons (Fsp3) is 0.174. The lowest BCUT2D eigenvalue weighted by Crippen LogP contribution is -2.40. The fourth-order valence-electron chi connectivity index (χ4n) is 2.97. The standard InChI is InChI=1S/C23H22Cl2N2S/c1-17(19-10-6-3-7-11-19)26-23(28)27(15-18-8-4-2-5-9-18)16-20-14-21(24)12-13-22(20)25/h2-14,17H,15-16H2,1H3,(H,26,28). The predicted molar refractivity (Wildman–Crippen MR) is 123 cm³/mol. The van der Waals surface area contributed by atoms with Gasteiger partial charge in [0.25, 0.3) is 0 Å². The van der Waals surface area contributed by atoms with Crippen LogP contribution in [-0.4, -0.2) is 10.0 Å². The first-order valence-corrected chi connectivity index (χ1v) is 10.3. The van der Waals surface area contributed by atoms with Crippen molar-refractivity contribution >= 4 is 40.5 Å². The third-order valence-electron chi connectivity index (χ3n) is 4.51. The number of halogens is 2. The molecule has 0 aromatic heterocycles. The van der Waals surface area contributed by atoms with Crippen LogP contribution in [0.2, 0.25) is 10.0 Å². The number of hydrogen-bond donors (Lipinski definition) is 1. The van der Waals surface area contributed by atoms with Crippen molar-refractivity contribution in [2.24, 2.45) is 0 Å².